The number of ether oxygens (including phenoxy) is 2. The van der Waals surface area contributed by atoms with Gasteiger partial charge >= 0.3 is 5.97 Å². The number of allylic oxidation sites excluding steroid dienone is 1. The highest BCUT2D eigenvalue weighted by Crippen LogP contribution is 2.38. The number of Topliss-reactive ketones (excluding diaryl/α,β-unsaturated/α-hetero) is 1. The highest BCUT2D eigenvalue weighted by molar-refractivity contribution is 6.83. The smallest absolute Gasteiger partial charge is 0.344 e. The van der Waals surface area contributed by atoms with E-state index in [1.807, 2.05) is 54.0 Å². The maximum absolute atomic E-state index is 13.0. The quantitative estimate of drug-likeness (QED) is 0.132. The summed E-state index contributed by atoms with van der Waals surface area (Å²) in [7, 11) is 0. The van der Waals surface area contributed by atoms with Crippen molar-refractivity contribution in [2.75, 3.05) is 13.2 Å². The number of rotatable bonds is 11. The number of carbonyl (C=O) groups excluding carboxylic acids is 3. The topological polar surface area (TPSA) is 74.6 Å². The highest BCUT2D eigenvalue weighted by Gasteiger charge is 2.29. The van der Waals surface area contributed by atoms with Crippen molar-refractivity contribution >= 4 is 39.5 Å². The maximum Gasteiger partial charge on any atom is 0.344 e. The molecule has 0 N–H and O–H groups in total. The Morgan fingerprint density at radius 1 is 1.09 bits per heavy atom. The number of fused-ring (bicyclic) bond motifs is 1. The van der Waals surface area contributed by atoms with Crippen molar-refractivity contribution < 1.29 is 23.9 Å². The Morgan fingerprint density at radius 3 is 2.42 bits per heavy atom. The Morgan fingerprint density at radius 2 is 1.82 bits per heavy atom. The van der Waals surface area contributed by atoms with E-state index in [2.05, 4.69) is 6.58 Å². The van der Waals surface area contributed by atoms with Crippen molar-refractivity contribution in [3.8, 4) is 5.75 Å². The second kappa shape index (κ2) is 11.0. The molecule has 0 radical (unpaired) electrons. The molecule has 0 saturated heterocycles. The van der Waals surface area contributed by atoms with Gasteiger partial charge in [0, 0.05) is 12.2 Å². The summed E-state index contributed by atoms with van der Waals surface area (Å²) in [4.78, 5) is 37.0. The number of esters is 1. The molecule has 0 aliphatic heterocycles. The maximum atomic E-state index is 13.0. The number of benzene rings is 2. The van der Waals surface area contributed by atoms with Gasteiger partial charge in [0.2, 0.25) is 5.78 Å². The van der Waals surface area contributed by atoms with Crippen molar-refractivity contribution in [3.63, 3.8) is 0 Å². The SMILES string of the molecule is C=CCc1ccc2c(c1OCC(=O)OCC)c(C(=O)C(=O)Cl)c(CC)n2Cc1ccccc1. The van der Waals surface area contributed by atoms with E-state index < -0.39 is 17.0 Å². The van der Waals surface area contributed by atoms with Crippen LogP contribution in [-0.4, -0.2) is 34.8 Å². The van der Waals surface area contributed by atoms with Gasteiger partial charge in [0.15, 0.2) is 6.61 Å². The molecule has 7 heteroatoms. The van der Waals surface area contributed by atoms with Gasteiger partial charge in [-0.05, 0) is 48.6 Å². The van der Waals surface area contributed by atoms with E-state index in [1.165, 1.54) is 0 Å². The van der Waals surface area contributed by atoms with Crippen molar-refractivity contribution in [1.82, 2.24) is 4.57 Å². The lowest BCUT2D eigenvalue weighted by atomic mass is 10.0. The van der Waals surface area contributed by atoms with Gasteiger partial charge in [-0.3, -0.25) is 9.59 Å². The molecule has 172 valence electrons. The summed E-state index contributed by atoms with van der Waals surface area (Å²) in [5.41, 5.74) is 3.35. The highest BCUT2D eigenvalue weighted by atomic mass is 35.5. The van der Waals surface area contributed by atoms with Crippen LogP contribution in [0.3, 0.4) is 0 Å². The molecule has 1 heterocycles. The minimum atomic E-state index is -1.08. The summed E-state index contributed by atoms with van der Waals surface area (Å²) in [5, 5.41) is -0.612. The van der Waals surface area contributed by atoms with Crippen LogP contribution in [0, 0.1) is 0 Å². The first-order valence-electron chi connectivity index (χ1n) is 10.8. The number of carbonyl (C=O) groups is 3. The standard InChI is InChI=1S/C26H26ClNO5/c1-4-10-18-13-14-20-23(25(18)33-16-21(29)32-6-3)22(24(30)26(27)31)19(5-2)28(20)15-17-11-8-7-9-12-17/h4,7-9,11-14H,1,5-6,10,15-16H2,2-3H3. The van der Waals surface area contributed by atoms with Gasteiger partial charge in [-0.2, -0.15) is 0 Å². The summed E-state index contributed by atoms with van der Waals surface area (Å²) < 4.78 is 12.9. The average molecular weight is 468 g/mol. The Balaban J connectivity index is 2.30. The molecule has 2 aromatic carbocycles. The molecule has 0 aliphatic carbocycles. The minimum Gasteiger partial charge on any atom is -0.481 e. The van der Waals surface area contributed by atoms with Crippen LogP contribution in [0.1, 0.15) is 41.0 Å². The molecule has 0 unspecified atom stereocenters. The molecular formula is C26H26ClNO5. The van der Waals surface area contributed by atoms with Gasteiger partial charge in [0.1, 0.15) is 5.75 Å². The molecule has 6 nitrogen and oxygen atoms in total. The fourth-order valence-corrected chi connectivity index (χ4v) is 4.07. The fourth-order valence-electron chi connectivity index (χ4n) is 3.98. The zero-order valence-corrected chi connectivity index (χ0v) is 19.5. The molecule has 0 spiro atoms. The molecule has 0 aliphatic rings. The van der Waals surface area contributed by atoms with E-state index in [0.29, 0.717) is 41.7 Å². The lowest BCUT2D eigenvalue weighted by Crippen LogP contribution is -2.16. The number of nitrogens with zero attached hydrogens (tertiary/aromatic N) is 1. The number of halogens is 1. The van der Waals surface area contributed by atoms with Crippen LogP contribution in [0.2, 0.25) is 0 Å². The van der Waals surface area contributed by atoms with E-state index in [1.54, 1.807) is 13.0 Å². The molecule has 0 amide bonds. The van der Waals surface area contributed by atoms with Gasteiger partial charge in [-0.1, -0.05) is 49.4 Å². The van der Waals surface area contributed by atoms with Crippen LogP contribution in [0.4, 0.5) is 0 Å². The molecule has 33 heavy (non-hydrogen) atoms. The molecule has 0 fully saturated rings. The predicted octanol–water partition coefficient (Wildman–Crippen LogP) is 4.87. The molecule has 1 aromatic heterocycles. The number of aromatic nitrogens is 1. The summed E-state index contributed by atoms with van der Waals surface area (Å²) in [6, 6.07) is 13.6. The van der Waals surface area contributed by atoms with Gasteiger partial charge in [0.25, 0.3) is 5.24 Å². The van der Waals surface area contributed by atoms with E-state index in [0.717, 1.165) is 11.1 Å². The first kappa shape index (κ1) is 24.3. The first-order valence-corrected chi connectivity index (χ1v) is 11.1. The Hall–Kier alpha value is -3.38. The van der Waals surface area contributed by atoms with E-state index >= 15 is 0 Å². The van der Waals surface area contributed by atoms with E-state index in [4.69, 9.17) is 21.1 Å². The van der Waals surface area contributed by atoms with Gasteiger partial charge in [0.05, 0.1) is 23.1 Å². The zero-order valence-electron chi connectivity index (χ0n) is 18.7. The zero-order chi connectivity index (χ0) is 24.0. The monoisotopic (exact) mass is 467 g/mol. The molecule has 3 rings (SSSR count). The van der Waals surface area contributed by atoms with Crippen LogP contribution in [-0.2, 0) is 33.7 Å². The molecule has 0 saturated carbocycles. The number of ketones is 1. The molecule has 0 atom stereocenters. The van der Waals surface area contributed by atoms with Crippen LogP contribution in [0.5, 0.6) is 5.75 Å². The van der Waals surface area contributed by atoms with Crippen LogP contribution < -0.4 is 4.74 Å². The largest absolute Gasteiger partial charge is 0.481 e. The van der Waals surface area contributed by atoms with E-state index in [-0.39, 0.29) is 18.8 Å². The van der Waals surface area contributed by atoms with Gasteiger partial charge in [-0.25, -0.2) is 4.79 Å². The summed E-state index contributed by atoms with van der Waals surface area (Å²) >= 11 is 5.65. The Labute approximate surface area is 197 Å². The molecule has 3 aromatic rings. The third-order valence-electron chi connectivity index (χ3n) is 5.30. The lowest BCUT2D eigenvalue weighted by molar-refractivity contribution is -0.145. The summed E-state index contributed by atoms with van der Waals surface area (Å²) in [5.74, 6) is -0.981. The first-order chi connectivity index (χ1) is 15.9. The van der Waals surface area contributed by atoms with Crippen LogP contribution in [0.15, 0.2) is 55.1 Å². The minimum absolute atomic E-state index is 0.202. The van der Waals surface area contributed by atoms with Crippen molar-refractivity contribution in [2.45, 2.75) is 33.2 Å². The van der Waals surface area contributed by atoms with Crippen LogP contribution in [0.25, 0.3) is 10.9 Å². The third-order valence-corrected chi connectivity index (χ3v) is 5.47. The van der Waals surface area contributed by atoms with Crippen molar-refractivity contribution in [1.29, 1.82) is 0 Å². The lowest BCUT2D eigenvalue weighted by Gasteiger charge is -2.13. The van der Waals surface area contributed by atoms with Crippen LogP contribution >= 0.6 is 11.6 Å². The average Bonchev–Trinajstić information content (AvgIpc) is 3.11. The Bertz CT molecular complexity index is 1200. The third kappa shape index (κ3) is 5.17. The van der Waals surface area contributed by atoms with Crippen molar-refractivity contribution in [3.05, 3.63) is 77.5 Å². The number of hydrogen-bond acceptors (Lipinski definition) is 5. The molecular weight excluding hydrogens is 442 g/mol. The van der Waals surface area contributed by atoms with Crippen molar-refractivity contribution in [2.24, 2.45) is 0 Å². The Kier molecular flexibility index (Phi) is 8.06. The van der Waals surface area contributed by atoms with E-state index in [9.17, 15) is 14.4 Å². The molecule has 0 bridgehead atoms. The number of hydrogen-bond donors (Lipinski definition) is 0. The second-order valence-corrected chi connectivity index (χ2v) is 7.73. The predicted molar refractivity (Wildman–Crippen MR) is 128 cm³/mol. The fraction of sp³-hybridized carbons (Fsp3) is 0.269. The normalized spacial score (nSPS) is 10.8. The van der Waals surface area contributed by atoms with Gasteiger partial charge < -0.3 is 14.0 Å². The second-order valence-electron chi connectivity index (χ2n) is 7.38. The summed E-state index contributed by atoms with van der Waals surface area (Å²) in [6.45, 7) is 7.80. The van der Waals surface area contributed by atoms with Gasteiger partial charge in [-0.15, -0.1) is 6.58 Å². The summed E-state index contributed by atoms with van der Waals surface area (Å²) in [6.07, 6.45) is 2.64.